The lowest BCUT2D eigenvalue weighted by molar-refractivity contribution is 0.0691. The van der Waals surface area contributed by atoms with Crippen LogP contribution in [0.5, 0.6) is 0 Å². The standard InChI is InChI=1S/C15H17N3O3S/c1-9(2)10-3-5-11(6-4-10)17-15(21)16-7-13-18-12(8-22-13)14(19)20/h3-6,8-9H,7H2,1-2H3,(H,19,20)(H2,16,17,21). The first kappa shape index (κ1) is 16.0. The van der Waals surface area contributed by atoms with Gasteiger partial charge in [-0.3, -0.25) is 0 Å². The molecule has 2 rings (SSSR count). The normalized spacial score (nSPS) is 10.5. The third kappa shape index (κ3) is 4.29. The molecule has 6 nitrogen and oxygen atoms in total. The molecule has 1 heterocycles. The van der Waals surface area contributed by atoms with E-state index in [1.54, 1.807) is 0 Å². The minimum absolute atomic E-state index is 0.00789. The van der Waals surface area contributed by atoms with Crippen molar-refractivity contribution < 1.29 is 14.7 Å². The van der Waals surface area contributed by atoms with Crippen LogP contribution in [0.4, 0.5) is 10.5 Å². The Morgan fingerprint density at radius 2 is 1.95 bits per heavy atom. The van der Waals surface area contributed by atoms with Gasteiger partial charge in [0.05, 0.1) is 6.54 Å². The maximum absolute atomic E-state index is 11.8. The van der Waals surface area contributed by atoms with Crippen molar-refractivity contribution in [3.63, 3.8) is 0 Å². The third-order valence-electron chi connectivity index (χ3n) is 3.01. The second kappa shape index (κ2) is 7.04. The highest BCUT2D eigenvalue weighted by atomic mass is 32.1. The van der Waals surface area contributed by atoms with Crippen molar-refractivity contribution >= 4 is 29.0 Å². The minimum atomic E-state index is -1.07. The van der Waals surface area contributed by atoms with Gasteiger partial charge >= 0.3 is 12.0 Å². The number of anilines is 1. The number of aromatic carboxylic acids is 1. The second-order valence-corrected chi connectivity index (χ2v) is 5.96. The van der Waals surface area contributed by atoms with E-state index in [0.717, 1.165) is 0 Å². The fourth-order valence-electron chi connectivity index (χ4n) is 1.77. The lowest BCUT2D eigenvalue weighted by Gasteiger charge is -2.09. The Kier molecular flexibility index (Phi) is 5.11. The number of urea groups is 1. The molecule has 22 heavy (non-hydrogen) atoms. The van der Waals surface area contributed by atoms with E-state index in [2.05, 4.69) is 29.5 Å². The van der Waals surface area contributed by atoms with Gasteiger partial charge in [0.1, 0.15) is 5.01 Å². The summed E-state index contributed by atoms with van der Waals surface area (Å²) in [6.45, 7) is 4.40. The van der Waals surface area contributed by atoms with Crippen molar-refractivity contribution in [3.8, 4) is 0 Å². The maximum Gasteiger partial charge on any atom is 0.355 e. The molecule has 0 spiro atoms. The summed E-state index contributed by atoms with van der Waals surface area (Å²) in [7, 11) is 0. The maximum atomic E-state index is 11.8. The number of carboxylic acids is 1. The zero-order chi connectivity index (χ0) is 16.1. The molecule has 0 fully saturated rings. The first-order valence-corrected chi connectivity index (χ1v) is 7.66. The first-order chi connectivity index (χ1) is 10.5. The van der Waals surface area contributed by atoms with Crippen molar-refractivity contribution in [1.29, 1.82) is 0 Å². The number of amides is 2. The summed E-state index contributed by atoms with van der Waals surface area (Å²) in [6, 6.07) is 7.28. The molecule has 0 saturated heterocycles. The van der Waals surface area contributed by atoms with Crippen LogP contribution >= 0.6 is 11.3 Å². The van der Waals surface area contributed by atoms with Crippen molar-refractivity contribution in [1.82, 2.24) is 10.3 Å². The van der Waals surface area contributed by atoms with Crippen LogP contribution in [0.1, 0.15) is 40.8 Å². The average Bonchev–Trinajstić information content (AvgIpc) is 2.95. The molecule has 0 aliphatic heterocycles. The summed E-state index contributed by atoms with van der Waals surface area (Å²) in [4.78, 5) is 26.4. The van der Waals surface area contributed by atoms with Crippen LogP contribution < -0.4 is 10.6 Å². The number of thiazole rings is 1. The van der Waals surface area contributed by atoms with Gasteiger partial charge in [0.2, 0.25) is 0 Å². The monoisotopic (exact) mass is 319 g/mol. The Labute approximate surface area is 132 Å². The highest BCUT2D eigenvalue weighted by Gasteiger charge is 2.09. The summed E-state index contributed by atoms with van der Waals surface area (Å²) < 4.78 is 0. The van der Waals surface area contributed by atoms with Gasteiger partial charge in [-0.05, 0) is 23.6 Å². The molecule has 0 unspecified atom stereocenters. The van der Waals surface area contributed by atoms with Gasteiger partial charge in [0.25, 0.3) is 0 Å². The summed E-state index contributed by atoms with van der Waals surface area (Å²) in [5, 5.41) is 16.1. The Morgan fingerprint density at radius 3 is 2.50 bits per heavy atom. The minimum Gasteiger partial charge on any atom is -0.476 e. The van der Waals surface area contributed by atoms with E-state index < -0.39 is 5.97 Å². The molecule has 0 atom stereocenters. The fraction of sp³-hybridized carbons (Fsp3) is 0.267. The Hall–Kier alpha value is -2.41. The molecule has 0 aliphatic carbocycles. The molecule has 0 bridgehead atoms. The van der Waals surface area contributed by atoms with Crippen molar-refractivity contribution in [2.24, 2.45) is 0 Å². The quantitative estimate of drug-likeness (QED) is 0.788. The van der Waals surface area contributed by atoms with E-state index in [9.17, 15) is 9.59 Å². The van der Waals surface area contributed by atoms with Crippen molar-refractivity contribution in [3.05, 3.63) is 45.9 Å². The average molecular weight is 319 g/mol. The van der Waals surface area contributed by atoms with Gasteiger partial charge in [-0.1, -0.05) is 26.0 Å². The molecule has 1 aromatic carbocycles. The van der Waals surface area contributed by atoms with Gasteiger partial charge in [-0.15, -0.1) is 11.3 Å². The van der Waals surface area contributed by atoms with Gasteiger partial charge in [-0.25, -0.2) is 14.6 Å². The van der Waals surface area contributed by atoms with Crippen LogP contribution in [0.15, 0.2) is 29.6 Å². The third-order valence-corrected chi connectivity index (χ3v) is 3.86. The van der Waals surface area contributed by atoms with Crippen LogP contribution in [-0.4, -0.2) is 22.1 Å². The summed E-state index contributed by atoms with van der Waals surface area (Å²) in [5.41, 5.74) is 1.90. The number of hydrogen-bond donors (Lipinski definition) is 3. The fourth-order valence-corrected chi connectivity index (χ4v) is 2.48. The van der Waals surface area contributed by atoms with Crippen molar-refractivity contribution in [2.75, 3.05) is 5.32 Å². The predicted molar refractivity (Wildman–Crippen MR) is 85.5 cm³/mol. The van der Waals surface area contributed by atoms with E-state index in [1.165, 1.54) is 22.3 Å². The summed E-state index contributed by atoms with van der Waals surface area (Å²) in [6.07, 6.45) is 0. The van der Waals surface area contributed by atoms with Gasteiger partial charge in [0, 0.05) is 11.1 Å². The zero-order valence-electron chi connectivity index (χ0n) is 12.3. The molecule has 1 aromatic heterocycles. The molecule has 116 valence electrons. The highest BCUT2D eigenvalue weighted by molar-refractivity contribution is 7.09. The molecule has 0 aliphatic rings. The van der Waals surface area contributed by atoms with E-state index in [4.69, 9.17) is 5.11 Å². The van der Waals surface area contributed by atoms with Crippen LogP contribution in [0, 0.1) is 0 Å². The number of nitrogens with zero attached hydrogens (tertiary/aromatic N) is 1. The highest BCUT2D eigenvalue weighted by Crippen LogP contribution is 2.17. The molecule has 2 aromatic rings. The molecule has 0 saturated carbocycles. The lowest BCUT2D eigenvalue weighted by Crippen LogP contribution is -2.28. The SMILES string of the molecule is CC(C)c1ccc(NC(=O)NCc2nc(C(=O)O)cs2)cc1. The van der Waals surface area contributed by atoms with E-state index in [0.29, 0.717) is 16.6 Å². The second-order valence-electron chi connectivity index (χ2n) is 5.02. The molecule has 0 radical (unpaired) electrons. The number of nitrogens with one attached hydrogen (secondary N) is 2. The summed E-state index contributed by atoms with van der Waals surface area (Å²) >= 11 is 1.20. The van der Waals surface area contributed by atoms with E-state index >= 15 is 0 Å². The lowest BCUT2D eigenvalue weighted by atomic mass is 10.0. The number of carbonyl (C=O) groups excluding carboxylic acids is 1. The van der Waals surface area contributed by atoms with E-state index in [-0.39, 0.29) is 18.3 Å². The Balaban J connectivity index is 1.85. The Morgan fingerprint density at radius 1 is 1.27 bits per heavy atom. The zero-order valence-corrected chi connectivity index (χ0v) is 13.1. The largest absolute Gasteiger partial charge is 0.476 e. The summed E-state index contributed by atoms with van der Waals surface area (Å²) in [5.74, 6) is -0.631. The molecule has 7 heteroatoms. The molecule has 3 N–H and O–H groups in total. The molecular formula is C15H17N3O3S. The first-order valence-electron chi connectivity index (χ1n) is 6.78. The number of carboxylic acid groups (broad SMARTS) is 1. The topological polar surface area (TPSA) is 91.3 Å². The number of benzene rings is 1. The van der Waals surface area contributed by atoms with Gasteiger partial charge in [0.15, 0.2) is 5.69 Å². The molecular weight excluding hydrogens is 302 g/mol. The van der Waals surface area contributed by atoms with Gasteiger partial charge < -0.3 is 15.7 Å². The van der Waals surface area contributed by atoms with E-state index in [1.807, 2.05) is 24.3 Å². The number of rotatable bonds is 5. The number of hydrogen-bond acceptors (Lipinski definition) is 4. The van der Waals surface area contributed by atoms with Crippen molar-refractivity contribution in [2.45, 2.75) is 26.3 Å². The van der Waals surface area contributed by atoms with Crippen LogP contribution in [0.3, 0.4) is 0 Å². The molecule has 2 amide bonds. The van der Waals surface area contributed by atoms with Crippen LogP contribution in [0.25, 0.3) is 0 Å². The number of aromatic nitrogens is 1. The smallest absolute Gasteiger partial charge is 0.355 e. The van der Waals surface area contributed by atoms with Crippen LogP contribution in [0.2, 0.25) is 0 Å². The predicted octanol–water partition coefficient (Wildman–Crippen LogP) is 3.29. The number of carbonyl (C=O) groups is 2. The van der Waals surface area contributed by atoms with Crippen LogP contribution in [-0.2, 0) is 6.54 Å². The Bertz CT molecular complexity index is 665. The van der Waals surface area contributed by atoms with Gasteiger partial charge in [-0.2, -0.15) is 0 Å².